The fourth-order valence-electron chi connectivity index (χ4n) is 4.20. The van der Waals surface area contributed by atoms with E-state index in [2.05, 4.69) is 23.5 Å². The third-order valence-corrected chi connectivity index (χ3v) is 6.35. The molecule has 2 atom stereocenters. The number of rotatable bonds is 2. The predicted octanol–water partition coefficient (Wildman–Crippen LogP) is 5.88. The summed E-state index contributed by atoms with van der Waals surface area (Å²) in [5, 5.41) is 13.9. The van der Waals surface area contributed by atoms with Gasteiger partial charge < -0.3 is 5.32 Å². The van der Waals surface area contributed by atoms with Gasteiger partial charge in [0.2, 0.25) is 0 Å². The van der Waals surface area contributed by atoms with Crippen LogP contribution in [0.4, 0.5) is 0 Å². The maximum atomic E-state index is 13.3. The standard InChI is InChI=1S/C23H18Cl2N2O/c1-13-17(12-26)21(16-8-5-9-18(24)23(16)25)22-19(27-13)10-15(11-20(22)28)14-6-3-2-4-7-14/h2-9,15,21,27H,10-11H2,1H3. The van der Waals surface area contributed by atoms with Crippen LogP contribution in [0.2, 0.25) is 10.0 Å². The Morgan fingerprint density at radius 3 is 2.54 bits per heavy atom. The van der Waals surface area contributed by atoms with Crippen LogP contribution in [0.25, 0.3) is 0 Å². The number of Topliss-reactive ketones (excluding diaryl/α,β-unsaturated/α-hetero) is 1. The minimum Gasteiger partial charge on any atom is -0.361 e. The maximum Gasteiger partial charge on any atom is 0.162 e. The van der Waals surface area contributed by atoms with E-state index >= 15 is 0 Å². The second-order valence-corrected chi connectivity index (χ2v) is 7.97. The number of nitrogens with zero attached hydrogens (tertiary/aromatic N) is 1. The van der Waals surface area contributed by atoms with E-state index in [0.29, 0.717) is 33.2 Å². The van der Waals surface area contributed by atoms with E-state index in [1.54, 1.807) is 12.1 Å². The van der Waals surface area contributed by atoms with Gasteiger partial charge in [-0.25, -0.2) is 0 Å². The Kier molecular flexibility index (Phi) is 5.02. The van der Waals surface area contributed by atoms with Crippen LogP contribution in [0.15, 0.2) is 71.1 Å². The second kappa shape index (κ2) is 7.47. The molecule has 2 unspecified atom stereocenters. The van der Waals surface area contributed by atoms with Crippen LogP contribution in [0.3, 0.4) is 0 Å². The zero-order valence-electron chi connectivity index (χ0n) is 15.3. The second-order valence-electron chi connectivity index (χ2n) is 7.18. The van der Waals surface area contributed by atoms with Crippen LogP contribution in [0.1, 0.15) is 42.7 Å². The van der Waals surface area contributed by atoms with Crippen molar-refractivity contribution in [3.05, 3.63) is 92.2 Å². The highest BCUT2D eigenvalue weighted by molar-refractivity contribution is 6.42. The lowest BCUT2D eigenvalue weighted by Gasteiger charge is -2.36. The lowest BCUT2D eigenvalue weighted by molar-refractivity contribution is -0.116. The van der Waals surface area contributed by atoms with Crippen LogP contribution >= 0.6 is 23.2 Å². The van der Waals surface area contributed by atoms with Gasteiger partial charge in [0.15, 0.2) is 5.78 Å². The van der Waals surface area contributed by atoms with E-state index in [9.17, 15) is 10.1 Å². The lowest BCUT2D eigenvalue weighted by atomic mass is 9.72. The molecule has 5 heteroatoms. The lowest BCUT2D eigenvalue weighted by Crippen LogP contribution is -2.33. The van der Waals surface area contributed by atoms with E-state index in [0.717, 1.165) is 23.4 Å². The molecule has 2 aromatic carbocycles. The first-order valence-electron chi connectivity index (χ1n) is 9.14. The van der Waals surface area contributed by atoms with Gasteiger partial charge in [-0.3, -0.25) is 4.79 Å². The van der Waals surface area contributed by atoms with Crippen molar-refractivity contribution in [1.29, 1.82) is 5.26 Å². The van der Waals surface area contributed by atoms with Gasteiger partial charge in [0.1, 0.15) is 0 Å². The summed E-state index contributed by atoms with van der Waals surface area (Å²) in [6, 6.07) is 17.7. The van der Waals surface area contributed by atoms with Crippen molar-refractivity contribution in [2.24, 2.45) is 0 Å². The molecule has 0 radical (unpaired) electrons. The number of carbonyl (C=O) groups is 1. The molecule has 28 heavy (non-hydrogen) atoms. The Bertz CT molecular complexity index is 1060. The minimum absolute atomic E-state index is 0.0453. The van der Waals surface area contributed by atoms with Crippen molar-refractivity contribution in [3.63, 3.8) is 0 Å². The van der Waals surface area contributed by atoms with E-state index < -0.39 is 5.92 Å². The summed E-state index contributed by atoms with van der Waals surface area (Å²) in [6.07, 6.45) is 1.13. The fraction of sp³-hybridized carbons (Fsp3) is 0.217. The number of allylic oxidation sites excluding steroid dienone is 4. The number of benzene rings is 2. The highest BCUT2D eigenvalue weighted by Gasteiger charge is 2.39. The van der Waals surface area contributed by atoms with Crippen LogP contribution in [-0.2, 0) is 4.79 Å². The van der Waals surface area contributed by atoms with Gasteiger partial charge in [-0.1, -0.05) is 65.7 Å². The first-order chi connectivity index (χ1) is 13.5. The Balaban J connectivity index is 1.84. The largest absolute Gasteiger partial charge is 0.361 e. The number of halogens is 2. The van der Waals surface area contributed by atoms with Gasteiger partial charge in [0.05, 0.1) is 27.6 Å². The van der Waals surface area contributed by atoms with Gasteiger partial charge in [0.25, 0.3) is 0 Å². The number of nitriles is 1. The highest BCUT2D eigenvalue weighted by Crippen LogP contribution is 2.47. The Labute approximate surface area is 174 Å². The van der Waals surface area contributed by atoms with Crippen molar-refractivity contribution in [1.82, 2.24) is 5.32 Å². The van der Waals surface area contributed by atoms with Gasteiger partial charge in [0, 0.05) is 23.4 Å². The van der Waals surface area contributed by atoms with Crippen LogP contribution in [0.5, 0.6) is 0 Å². The third-order valence-electron chi connectivity index (χ3n) is 5.51. The first-order valence-corrected chi connectivity index (χ1v) is 9.89. The molecule has 2 aromatic rings. The van der Waals surface area contributed by atoms with Crippen molar-refractivity contribution in [2.45, 2.75) is 31.6 Å². The van der Waals surface area contributed by atoms with Crippen LogP contribution in [0, 0.1) is 11.3 Å². The van der Waals surface area contributed by atoms with E-state index in [1.807, 2.05) is 31.2 Å². The molecule has 4 rings (SSSR count). The molecule has 0 aromatic heterocycles. The summed E-state index contributed by atoms with van der Waals surface area (Å²) >= 11 is 12.7. The highest BCUT2D eigenvalue weighted by atomic mass is 35.5. The molecule has 0 bridgehead atoms. The molecular weight excluding hydrogens is 391 g/mol. The average molecular weight is 409 g/mol. The molecule has 2 aliphatic rings. The number of hydrogen-bond acceptors (Lipinski definition) is 3. The topological polar surface area (TPSA) is 52.9 Å². The smallest absolute Gasteiger partial charge is 0.162 e. The normalized spacial score (nSPS) is 21.9. The molecule has 0 amide bonds. The molecule has 1 heterocycles. The average Bonchev–Trinajstić information content (AvgIpc) is 2.69. The monoisotopic (exact) mass is 408 g/mol. The first kappa shape index (κ1) is 18.8. The quantitative estimate of drug-likeness (QED) is 0.674. The summed E-state index contributed by atoms with van der Waals surface area (Å²) in [6.45, 7) is 1.87. The predicted molar refractivity (Wildman–Crippen MR) is 111 cm³/mol. The molecule has 3 nitrogen and oxygen atoms in total. The van der Waals surface area contributed by atoms with Crippen molar-refractivity contribution in [2.75, 3.05) is 0 Å². The molecule has 1 aliphatic heterocycles. The zero-order valence-corrected chi connectivity index (χ0v) is 16.8. The Morgan fingerprint density at radius 1 is 1.07 bits per heavy atom. The zero-order chi connectivity index (χ0) is 19.8. The van der Waals surface area contributed by atoms with E-state index in [4.69, 9.17) is 23.2 Å². The molecule has 0 fully saturated rings. The SMILES string of the molecule is CC1=C(C#N)C(c2cccc(Cl)c2Cl)C2=C(CC(c3ccccc3)CC2=O)N1. The van der Waals surface area contributed by atoms with Crippen LogP contribution < -0.4 is 5.32 Å². The summed E-state index contributed by atoms with van der Waals surface area (Å²) in [4.78, 5) is 13.3. The van der Waals surface area contributed by atoms with E-state index in [1.165, 1.54) is 0 Å². The number of nitrogens with one attached hydrogen (secondary N) is 1. The molecule has 0 saturated heterocycles. The molecule has 1 aliphatic carbocycles. The van der Waals surface area contributed by atoms with Gasteiger partial charge in [-0.15, -0.1) is 0 Å². The molecule has 0 spiro atoms. The van der Waals surface area contributed by atoms with Crippen molar-refractivity contribution in [3.8, 4) is 6.07 Å². The number of dihydropyridines is 1. The van der Waals surface area contributed by atoms with Crippen molar-refractivity contribution >= 4 is 29.0 Å². The molecule has 140 valence electrons. The number of carbonyl (C=O) groups excluding carboxylic acids is 1. The van der Waals surface area contributed by atoms with Gasteiger partial charge in [-0.2, -0.15) is 5.26 Å². The van der Waals surface area contributed by atoms with Crippen LogP contribution in [-0.4, -0.2) is 5.78 Å². The maximum absolute atomic E-state index is 13.3. The molecular formula is C23H18Cl2N2O. The fourth-order valence-corrected chi connectivity index (χ4v) is 4.62. The Hall–Kier alpha value is -2.54. The Morgan fingerprint density at radius 2 is 1.82 bits per heavy atom. The molecule has 0 saturated carbocycles. The van der Waals surface area contributed by atoms with Crippen molar-refractivity contribution < 1.29 is 4.79 Å². The molecule has 1 N–H and O–H groups in total. The minimum atomic E-state index is -0.489. The third kappa shape index (κ3) is 3.13. The van der Waals surface area contributed by atoms with Gasteiger partial charge >= 0.3 is 0 Å². The summed E-state index contributed by atoms with van der Waals surface area (Å²) in [5.74, 6) is -0.326. The summed E-state index contributed by atoms with van der Waals surface area (Å²) in [7, 11) is 0. The number of hydrogen-bond donors (Lipinski definition) is 1. The number of ketones is 1. The summed E-state index contributed by atoms with van der Waals surface area (Å²) < 4.78 is 0. The van der Waals surface area contributed by atoms with Gasteiger partial charge in [-0.05, 0) is 36.5 Å². The van der Waals surface area contributed by atoms with E-state index in [-0.39, 0.29) is 11.7 Å². The summed E-state index contributed by atoms with van der Waals surface area (Å²) in [5.41, 5.74) is 4.62.